The molecule has 10 nitrogen and oxygen atoms in total. The molecule has 2 atom stereocenters. The Bertz CT molecular complexity index is 1070. The number of imide groups is 1. The number of carbonyl (C=O) groups excluding carboxylic acids is 3. The van der Waals surface area contributed by atoms with E-state index in [-0.39, 0.29) is 12.4 Å². The van der Waals surface area contributed by atoms with E-state index in [1.165, 1.54) is 6.20 Å². The molecule has 2 aromatic rings. The van der Waals surface area contributed by atoms with Gasteiger partial charge in [0.25, 0.3) is 12.3 Å². The number of rotatable bonds is 5. The van der Waals surface area contributed by atoms with Crippen LogP contribution in [0.1, 0.15) is 6.92 Å². The fourth-order valence-electron chi connectivity index (χ4n) is 3.54. The lowest BCUT2D eigenvalue weighted by Crippen LogP contribution is -2.40. The molecule has 1 saturated heterocycles. The number of nitrogens with two attached hydrogens (primary N) is 1. The molecule has 1 aromatic heterocycles. The molecule has 1 fully saturated rings. The summed E-state index contributed by atoms with van der Waals surface area (Å²) in [7, 11) is 1.16. The van der Waals surface area contributed by atoms with Crippen LogP contribution in [0.2, 0.25) is 0 Å². The number of hydrogen-bond donors (Lipinski definition) is 2. The monoisotopic (exact) mass is 434 g/mol. The van der Waals surface area contributed by atoms with Crippen molar-refractivity contribution in [3.8, 4) is 17.1 Å². The van der Waals surface area contributed by atoms with Crippen LogP contribution in [0.25, 0.3) is 11.4 Å². The molecule has 31 heavy (non-hydrogen) atoms. The maximum absolute atomic E-state index is 13.5. The highest BCUT2D eigenvalue weighted by Crippen LogP contribution is 2.37. The quantitative estimate of drug-likeness (QED) is 0.683. The molecular formula is C19H20F2N6O4. The van der Waals surface area contributed by atoms with Crippen molar-refractivity contribution < 1.29 is 27.9 Å². The Morgan fingerprint density at radius 3 is 2.77 bits per heavy atom. The van der Waals surface area contributed by atoms with Gasteiger partial charge < -0.3 is 20.4 Å². The van der Waals surface area contributed by atoms with Crippen molar-refractivity contribution in [1.82, 2.24) is 14.5 Å². The van der Waals surface area contributed by atoms with Crippen molar-refractivity contribution in [3.63, 3.8) is 0 Å². The van der Waals surface area contributed by atoms with Crippen molar-refractivity contribution in [1.29, 1.82) is 0 Å². The molecular weight excluding hydrogens is 414 g/mol. The number of anilines is 2. The van der Waals surface area contributed by atoms with Crippen LogP contribution in [0.4, 0.5) is 25.1 Å². The van der Waals surface area contributed by atoms with E-state index in [1.807, 2.05) is 0 Å². The van der Waals surface area contributed by atoms with Gasteiger partial charge in [-0.05, 0) is 19.1 Å². The van der Waals surface area contributed by atoms with Gasteiger partial charge >= 0.3 is 6.03 Å². The average Bonchev–Trinajstić information content (AvgIpc) is 3.16. The molecule has 0 aliphatic carbocycles. The fourth-order valence-corrected chi connectivity index (χ4v) is 3.54. The molecule has 0 saturated carbocycles. The van der Waals surface area contributed by atoms with E-state index >= 15 is 0 Å². The number of primary amides is 1. The van der Waals surface area contributed by atoms with Crippen molar-refractivity contribution in [3.05, 3.63) is 24.4 Å². The van der Waals surface area contributed by atoms with Gasteiger partial charge in [0.05, 0.1) is 12.1 Å². The van der Waals surface area contributed by atoms with Gasteiger partial charge in [-0.3, -0.25) is 19.4 Å². The number of amides is 4. The third-order valence-corrected chi connectivity index (χ3v) is 5.23. The zero-order chi connectivity index (χ0) is 22.4. The molecule has 4 amide bonds. The molecule has 2 aliphatic rings. The number of carbonyl (C=O) groups is 3. The summed E-state index contributed by atoms with van der Waals surface area (Å²) >= 11 is 0. The standard InChI is InChI=1S/C19H20F2N6O4/c1-9(16(22)28)23-10-3-4-11-12(7-10)31-6-5-26-8-13(24-17(11)26)27-14(15(20)21)18(29)25(2)19(27)30/h3-4,7-9,14-15,23H,5-6H2,1-2H3,(H2,22,28)/t9?,14-/m1/s1. The van der Waals surface area contributed by atoms with E-state index in [0.29, 0.717) is 34.3 Å². The van der Waals surface area contributed by atoms with Crippen LogP contribution in [0.3, 0.4) is 0 Å². The van der Waals surface area contributed by atoms with E-state index in [0.717, 1.165) is 11.9 Å². The van der Waals surface area contributed by atoms with E-state index in [9.17, 15) is 23.2 Å². The SMILES string of the molecule is CC(Nc1ccc2c(c1)OCCn1cc(N3C(=O)N(C)C(=O)[C@H]3C(F)F)nc1-2)C(N)=O. The van der Waals surface area contributed by atoms with Crippen LogP contribution >= 0.6 is 0 Å². The first kappa shape index (κ1) is 20.6. The molecule has 0 bridgehead atoms. The van der Waals surface area contributed by atoms with Crippen LogP contribution in [0.5, 0.6) is 5.75 Å². The Balaban J connectivity index is 1.72. The highest BCUT2D eigenvalue weighted by atomic mass is 19.3. The smallest absolute Gasteiger partial charge is 0.333 e. The number of likely N-dealkylation sites (N-methyl/N-ethyl adjacent to an activating group) is 1. The van der Waals surface area contributed by atoms with Gasteiger partial charge in [0.2, 0.25) is 5.91 Å². The van der Waals surface area contributed by atoms with Crippen LogP contribution in [0.15, 0.2) is 24.4 Å². The molecule has 0 radical (unpaired) electrons. The molecule has 4 rings (SSSR count). The Hall–Kier alpha value is -3.70. The number of hydrogen-bond acceptors (Lipinski definition) is 6. The second-order valence-corrected chi connectivity index (χ2v) is 7.27. The van der Waals surface area contributed by atoms with E-state index in [2.05, 4.69) is 10.3 Å². The number of nitrogens with one attached hydrogen (secondary N) is 1. The summed E-state index contributed by atoms with van der Waals surface area (Å²) in [4.78, 5) is 41.6. The minimum absolute atomic E-state index is 0.0413. The number of ether oxygens (including phenoxy) is 1. The Kier molecular flexibility index (Phi) is 4.99. The van der Waals surface area contributed by atoms with E-state index in [1.54, 1.807) is 29.7 Å². The first-order chi connectivity index (χ1) is 14.7. The number of benzene rings is 1. The largest absolute Gasteiger partial charge is 0.491 e. The summed E-state index contributed by atoms with van der Waals surface area (Å²) in [6.07, 6.45) is -1.60. The van der Waals surface area contributed by atoms with Crippen molar-refractivity contribution in [2.75, 3.05) is 23.9 Å². The number of nitrogens with zero attached hydrogens (tertiary/aromatic N) is 4. The number of imidazole rings is 1. The highest BCUT2D eigenvalue weighted by Gasteiger charge is 2.50. The minimum atomic E-state index is -3.06. The topological polar surface area (TPSA) is 123 Å². The molecule has 1 unspecified atom stereocenters. The molecule has 164 valence electrons. The Morgan fingerprint density at radius 1 is 1.35 bits per heavy atom. The first-order valence-electron chi connectivity index (χ1n) is 9.48. The van der Waals surface area contributed by atoms with Gasteiger partial charge in [-0.15, -0.1) is 0 Å². The summed E-state index contributed by atoms with van der Waals surface area (Å²) in [5.41, 5.74) is 6.45. The van der Waals surface area contributed by atoms with Gasteiger partial charge in [-0.2, -0.15) is 0 Å². The zero-order valence-corrected chi connectivity index (χ0v) is 16.7. The summed E-state index contributed by atoms with van der Waals surface area (Å²) in [5, 5.41) is 2.96. The zero-order valence-electron chi connectivity index (χ0n) is 16.7. The fraction of sp³-hybridized carbons (Fsp3) is 0.368. The van der Waals surface area contributed by atoms with Crippen molar-refractivity contribution in [2.45, 2.75) is 32.0 Å². The number of urea groups is 1. The molecule has 3 N–H and O–H groups in total. The van der Waals surface area contributed by atoms with Gasteiger partial charge in [0.15, 0.2) is 11.9 Å². The van der Waals surface area contributed by atoms with Gasteiger partial charge in [-0.25, -0.2) is 18.6 Å². The first-order valence-corrected chi connectivity index (χ1v) is 9.48. The average molecular weight is 434 g/mol. The summed E-state index contributed by atoms with van der Waals surface area (Å²) < 4.78 is 34.5. The number of fused-ring (bicyclic) bond motifs is 3. The van der Waals surface area contributed by atoms with Gasteiger partial charge in [0.1, 0.15) is 24.2 Å². The number of aromatic nitrogens is 2. The minimum Gasteiger partial charge on any atom is -0.491 e. The van der Waals surface area contributed by atoms with Crippen LogP contribution in [0, 0.1) is 0 Å². The lowest BCUT2D eigenvalue weighted by atomic mass is 10.1. The van der Waals surface area contributed by atoms with E-state index < -0.39 is 36.4 Å². The molecule has 3 heterocycles. The second-order valence-electron chi connectivity index (χ2n) is 7.27. The van der Waals surface area contributed by atoms with Crippen molar-refractivity contribution in [2.24, 2.45) is 5.73 Å². The predicted molar refractivity (Wildman–Crippen MR) is 106 cm³/mol. The van der Waals surface area contributed by atoms with E-state index in [4.69, 9.17) is 10.5 Å². The van der Waals surface area contributed by atoms with Crippen molar-refractivity contribution >= 4 is 29.4 Å². The Morgan fingerprint density at radius 2 is 2.10 bits per heavy atom. The molecule has 1 aromatic carbocycles. The van der Waals surface area contributed by atoms with Gasteiger partial charge in [0, 0.05) is 25.0 Å². The predicted octanol–water partition coefficient (Wildman–Crippen LogP) is 1.26. The van der Waals surface area contributed by atoms with Gasteiger partial charge in [-0.1, -0.05) is 0 Å². The van der Waals surface area contributed by atoms with Crippen LogP contribution in [-0.2, 0) is 16.1 Å². The second kappa shape index (κ2) is 7.52. The Labute approximate surface area is 175 Å². The molecule has 2 aliphatic heterocycles. The molecule has 12 heteroatoms. The summed E-state index contributed by atoms with van der Waals surface area (Å²) in [6, 6.07) is 1.70. The maximum Gasteiger partial charge on any atom is 0.333 e. The number of alkyl halides is 2. The van der Waals surface area contributed by atoms with Crippen LogP contribution in [-0.4, -0.2) is 64.5 Å². The molecule has 0 spiro atoms. The normalized spacial score (nSPS) is 19.1. The highest BCUT2D eigenvalue weighted by molar-refractivity contribution is 6.13. The third-order valence-electron chi connectivity index (χ3n) is 5.23. The number of halogens is 2. The summed E-state index contributed by atoms with van der Waals surface area (Å²) in [6.45, 7) is 2.23. The van der Waals surface area contributed by atoms with Crippen LogP contribution < -0.4 is 20.7 Å². The lowest BCUT2D eigenvalue weighted by Gasteiger charge is -2.18. The summed E-state index contributed by atoms with van der Waals surface area (Å²) in [5.74, 6) is -0.671. The lowest BCUT2D eigenvalue weighted by molar-refractivity contribution is -0.129. The third kappa shape index (κ3) is 3.43. The maximum atomic E-state index is 13.5.